The standard InChI is InChI=1S/C19H18N2O3S/c1-11-17(24-15-8-4-3-7-14(15)23-11)18(22)21-19-13(10-20)12-6-2-5-9-16(12)25-19/h3-4,7-8,11,17H,2,5-6,9H2,1H3,(H,21,22)/t11-,17+/m1/s1. The van der Waals surface area contributed by atoms with Crippen LogP contribution >= 0.6 is 11.3 Å². The normalized spacial score (nSPS) is 21.1. The number of fused-ring (bicyclic) bond motifs is 2. The van der Waals surface area contributed by atoms with E-state index < -0.39 is 12.2 Å². The molecule has 0 saturated carbocycles. The van der Waals surface area contributed by atoms with Gasteiger partial charge in [-0.2, -0.15) is 5.26 Å². The molecule has 0 bridgehead atoms. The van der Waals surface area contributed by atoms with Crippen molar-refractivity contribution in [3.8, 4) is 17.6 Å². The van der Waals surface area contributed by atoms with Crippen LogP contribution in [0.2, 0.25) is 0 Å². The number of nitrogens with zero attached hydrogens (tertiary/aromatic N) is 1. The van der Waals surface area contributed by atoms with E-state index in [1.54, 1.807) is 6.07 Å². The van der Waals surface area contributed by atoms with Crippen LogP contribution in [0.25, 0.3) is 0 Å². The van der Waals surface area contributed by atoms with Crippen molar-refractivity contribution in [2.45, 2.75) is 44.8 Å². The maximum atomic E-state index is 12.7. The highest BCUT2D eigenvalue weighted by Gasteiger charge is 2.35. The Morgan fingerprint density at radius 2 is 1.96 bits per heavy atom. The van der Waals surface area contributed by atoms with E-state index in [0.717, 1.165) is 31.2 Å². The average Bonchev–Trinajstić information content (AvgIpc) is 2.97. The maximum Gasteiger partial charge on any atom is 0.270 e. The number of anilines is 1. The minimum atomic E-state index is -0.749. The SMILES string of the molecule is C[C@H]1Oc2ccccc2O[C@@H]1C(=O)Nc1sc2c(c1C#N)CCCC2. The van der Waals surface area contributed by atoms with Gasteiger partial charge in [-0.05, 0) is 50.3 Å². The van der Waals surface area contributed by atoms with Crippen molar-refractivity contribution in [3.05, 3.63) is 40.3 Å². The van der Waals surface area contributed by atoms with Crippen molar-refractivity contribution in [1.82, 2.24) is 0 Å². The fraction of sp³-hybridized carbons (Fsp3) is 0.368. The van der Waals surface area contributed by atoms with Crippen molar-refractivity contribution in [1.29, 1.82) is 5.26 Å². The molecule has 0 spiro atoms. The summed E-state index contributed by atoms with van der Waals surface area (Å²) < 4.78 is 11.6. The number of nitrogens with one attached hydrogen (secondary N) is 1. The number of thiophene rings is 1. The Bertz CT molecular complexity index is 868. The maximum absolute atomic E-state index is 12.7. The van der Waals surface area contributed by atoms with E-state index in [1.165, 1.54) is 16.2 Å². The molecule has 25 heavy (non-hydrogen) atoms. The Hall–Kier alpha value is -2.52. The smallest absolute Gasteiger partial charge is 0.270 e. The summed E-state index contributed by atoms with van der Waals surface area (Å²) in [5, 5.41) is 13.1. The van der Waals surface area contributed by atoms with E-state index in [9.17, 15) is 10.1 Å². The summed E-state index contributed by atoms with van der Waals surface area (Å²) in [6, 6.07) is 9.57. The zero-order valence-electron chi connectivity index (χ0n) is 13.9. The third-order valence-electron chi connectivity index (χ3n) is 4.62. The van der Waals surface area contributed by atoms with Gasteiger partial charge < -0.3 is 14.8 Å². The molecule has 6 heteroatoms. The Kier molecular flexibility index (Phi) is 4.10. The summed E-state index contributed by atoms with van der Waals surface area (Å²) in [5.41, 5.74) is 1.71. The van der Waals surface area contributed by atoms with Crippen LogP contribution in [0.3, 0.4) is 0 Å². The third-order valence-corrected chi connectivity index (χ3v) is 5.83. The number of aryl methyl sites for hydroxylation is 1. The lowest BCUT2D eigenvalue weighted by Crippen LogP contribution is -2.46. The lowest BCUT2D eigenvalue weighted by molar-refractivity contribution is -0.127. The van der Waals surface area contributed by atoms with E-state index in [1.807, 2.05) is 25.1 Å². The summed E-state index contributed by atoms with van der Waals surface area (Å²) in [6.07, 6.45) is 2.98. The molecule has 2 heterocycles. The Morgan fingerprint density at radius 1 is 1.24 bits per heavy atom. The van der Waals surface area contributed by atoms with Gasteiger partial charge >= 0.3 is 0 Å². The monoisotopic (exact) mass is 354 g/mol. The molecule has 0 radical (unpaired) electrons. The van der Waals surface area contributed by atoms with Crippen molar-refractivity contribution >= 4 is 22.2 Å². The highest BCUT2D eigenvalue weighted by molar-refractivity contribution is 7.16. The first kappa shape index (κ1) is 16.0. The first-order valence-electron chi connectivity index (χ1n) is 8.45. The van der Waals surface area contributed by atoms with Gasteiger partial charge in [-0.1, -0.05) is 12.1 Å². The Morgan fingerprint density at radius 3 is 2.72 bits per heavy atom. The minimum absolute atomic E-state index is 0.280. The van der Waals surface area contributed by atoms with Crippen LogP contribution in [0, 0.1) is 11.3 Å². The van der Waals surface area contributed by atoms with Gasteiger partial charge in [0.2, 0.25) is 6.10 Å². The second-order valence-electron chi connectivity index (χ2n) is 6.32. The van der Waals surface area contributed by atoms with E-state index in [4.69, 9.17) is 9.47 Å². The van der Waals surface area contributed by atoms with E-state index in [2.05, 4.69) is 11.4 Å². The van der Waals surface area contributed by atoms with Gasteiger partial charge in [0, 0.05) is 4.88 Å². The predicted molar refractivity (Wildman–Crippen MR) is 95.3 cm³/mol. The summed E-state index contributed by atoms with van der Waals surface area (Å²) in [5.74, 6) is 0.923. The number of amides is 1. The molecule has 128 valence electrons. The van der Waals surface area contributed by atoms with Crippen LogP contribution in [-0.4, -0.2) is 18.1 Å². The molecule has 1 aromatic carbocycles. The van der Waals surface area contributed by atoms with Gasteiger partial charge in [0.05, 0.1) is 5.56 Å². The van der Waals surface area contributed by atoms with Gasteiger partial charge in [0.15, 0.2) is 11.5 Å². The first-order chi connectivity index (χ1) is 12.2. The van der Waals surface area contributed by atoms with Gasteiger partial charge in [0.25, 0.3) is 5.91 Å². The molecular weight excluding hydrogens is 336 g/mol. The van der Waals surface area contributed by atoms with Crippen molar-refractivity contribution in [2.75, 3.05) is 5.32 Å². The highest BCUT2D eigenvalue weighted by Crippen LogP contribution is 2.38. The fourth-order valence-corrected chi connectivity index (χ4v) is 4.60. The van der Waals surface area contributed by atoms with Crippen molar-refractivity contribution in [3.63, 3.8) is 0 Å². The first-order valence-corrected chi connectivity index (χ1v) is 9.27. The number of hydrogen-bond donors (Lipinski definition) is 1. The number of carbonyl (C=O) groups excluding carboxylic acids is 1. The molecule has 1 aromatic heterocycles. The quantitative estimate of drug-likeness (QED) is 0.893. The molecule has 2 aromatic rings. The molecule has 4 rings (SSSR count). The lowest BCUT2D eigenvalue weighted by atomic mass is 9.96. The zero-order valence-corrected chi connectivity index (χ0v) is 14.7. The number of nitriles is 1. The number of carbonyl (C=O) groups is 1. The zero-order chi connectivity index (χ0) is 17.4. The molecule has 1 amide bonds. The fourth-order valence-electron chi connectivity index (χ4n) is 3.36. The Labute approximate surface area is 150 Å². The minimum Gasteiger partial charge on any atom is -0.482 e. The number of para-hydroxylation sites is 2. The van der Waals surface area contributed by atoms with E-state index >= 15 is 0 Å². The molecule has 5 nitrogen and oxygen atoms in total. The number of hydrogen-bond acceptors (Lipinski definition) is 5. The predicted octanol–water partition coefficient (Wildman–Crippen LogP) is 3.67. The second kappa shape index (κ2) is 6.41. The summed E-state index contributed by atoms with van der Waals surface area (Å²) >= 11 is 1.51. The van der Waals surface area contributed by atoms with Crippen LogP contribution < -0.4 is 14.8 Å². The van der Waals surface area contributed by atoms with E-state index in [-0.39, 0.29) is 5.91 Å². The average molecular weight is 354 g/mol. The van der Waals surface area contributed by atoms with Gasteiger partial charge in [-0.25, -0.2) is 0 Å². The summed E-state index contributed by atoms with van der Waals surface area (Å²) in [4.78, 5) is 14.0. The Balaban J connectivity index is 1.57. The molecule has 0 fully saturated rings. The molecular formula is C19H18N2O3S. The number of ether oxygens (including phenoxy) is 2. The van der Waals surface area contributed by atoms with Gasteiger partial charge in [-0.3, -0.25) is 4.79 Å². The topological polar surface area (TPSA) is 71.3 Å². The number of benzene rings is 1. The largest absolute Gasteiger partial charge is 0.482 e. The van der Waals surface area contributed by atoms with Crippen LogP contribution in [0.15, 0.2) is 24.3 Å². The molecule has 1 aliphatic carbocycles. The molecule has 0 unspecified atom stereocenters. The third kappa shape index (κ3) is 2.85. The molecule has 2 aliphatic rings. The summed E-state index contributed by atoms with van der Waals surface area (Å²) in [6.45, 7) is 1.81. The van der Waals surface area contributed by atoms with Crippen LogP contribution in [0.4, 0.5) is 5.00 Å². The van der Waals surface area contributed by atoms with Gasteiger partial charge in [0.1, 0.15) is 17.2 Å². The van der Waals surface area contributed by atoms with Crippen LogP contribution in [0.5, 0.6) is 11.5 Å². The van der Waals surface area contributed by atoms with Crippen molar-refractivity contribution in [2.24, 2.45) is 0 Å². The number of rotatable bonds is 2. The van der Waals surface area contributed by atoms with Crippen LogP contribution in [-0.2, 0) is 17.6 Å². The molecule has 1 aliphatic heterocycles. The van der Waals surface area contributed by atoms with Crippen molar-refractivity contribution < 1.29 is 14.3 Å². The van der Waals surface area contributed by atoms with Gasteiger partial charge in [-0.15, -0.1) is 11.3 Å². The highest BCUT2D eigenvalue weighted by atomic mass is 32.1. The van der Waals surface area contributed by atoms with E-state index in [0.29, 0.717) is 22.1 Å². The molecule has 2 atom stereocenters. The molecule has 1 N–H and O–H groups in total. The summed E-state index contributed by atoms with van der Waals surface area (Å²) in [7, 11) is 0. The second-order valence-corrected chi connectivity index (χ2v) is 7.43. The molecule has 0 saturated heterocycles. The lowest BCUT2D eigenvalue weighted by Gasteiger charge is -2.30. The van der Waals surface area contributed by atoms with Crippen LogP contribution in [0.1, 0.15) is 35.8 Å².